The van der Waals surface area contributed by atoms with E-state index >= 15 is 0 Å². The third kappa shape index (κ3) is 2.78. The van der Waals surface area contributed by atoms with Crippen LogP contribution in [-0.4, -0.2) is 14.2 Å². The molecule has 2 aromatic rings. The van der Waals surface area contributed by atoms with Gasteiger partial charge in [0, 0.05) is 9.35 Å². The Hall–Kier alpha value is -1.04. The molecule has 0 bridgehead atoms. The lowest BCUT2D eigenvalue weighted by Gasteiger charge is -2.17. The summed E-state index contributed by atoms with van der Waals surface area (Å²) in [6.07, 6.45) is 0. The molecule has 0 saturated heterocycles. The van der Waals surface area contributed by atoms with Crippen molar-refractivity contribution in [2.75, 3.05) is 14.2 Å². The van der Waals surface area contributed by atoms with E-state index in [1.807, 2.05) is 12.1 Å². The van der Waals surface area contributed by atoms with Crippen LogP contribution in [0.25, 0.3) is 0 Å². The summed E-state index contributed by atoms with van der Waals surface area (Å²) >= 11 is 5.22. The number of halogens is 1. The molecule has 5 heteroatoms. The Balaban J connectivity index is 2.48. The Labute approximate surface area is 125 Å². The van der Waals surface area contributed by atoms with Crippen molar-refractivity contribution >= 4 is 27.3 Å². The lowest BCUT2D eigenvalue weighted by Crippen LogP contribution is -2.12. The topological polar surface area (TPSA) is 44.5 Å². The Bertz CT molecular complexity index is 583. The van der Waals surface area contributed by atoms with E-state index < -0.39 is 0 Å². The van der Waals surface area contributed by atoms with Crippen LogP contribution < -0.4 is 15.2 Å². The van der Waals surface area contributed by atoms with Crippen LogP contribution in [0.1, 0.15) is 22.0 Å². The van der Waals surface area contributed by atoms with Crippen molar-refractivity contribution in [3.05, 3.63) is 44.1 Å². The summed E-state index contributed by atoms with van der Waals surface area (Å²) in [5.41, 5.74) is 8.56. The van der Waals surface area contributed by atoms with Gasteiger partial charge < -0.3 is 15.2 Å². The van der Waals surface area contributed by atoms with Crippen molar-refractivity contribution in [2.24, 2.45) is 5.73 Å². The largest absolute Gasteiger partial charge is 0.493 e. The first-order valence-electron chi connectivity index (χ1n) is 5.79. The van der Waals surface area contributed by atoms with Gasteiger partial charge in [0.2, 0.25) is 0 Å². The van der Waals surface area contributed by atoms with E-state index in [0.717, 1.165) is 14.9 Å². The van der Waals surface area contributed by atoms with Crippen LogP contribution in [0.3, 0.4) is 0 Å². The second-order valence-corrected chi connectivity index (χ2v) is 5.98. The van der Waals surface area contributed by atoms with Gasteiger partial charge in [0.1, 0.15) is 0 Å². The average molecular weight is 342 g/mol. The predicted octanol–water partition coefficient (Wildman–Crippen LogP) is 3.88. The number of ether oxygens (including phenoxy) is 2. The van der Waals surface area contributed by atoms with Gasteiger partial charge in [-0.1, -0.05) is 15.9 Å². The van der Waals surface area contributed by atoms with E-state index in [0.29, 0.717) is 11.5 Å². The first-order valence-corrected chi connectivity index (χ1v) is 7.46. The van der Waals surface area contributed by atoms with Crippen LogP contribution in [0.4, 0.5) is 0 Å². The number of hydrogen-bond acceptors (Lipinski definition) is 4. The molecule has 102 valence electrons. The number of aryl methyl sites for hydroxylation is 1. The number of nitrogens with two attached hydrogens (primary N) is 1. The molecule has 3 nitrogen and oxygen atoms in total. The van der Waals surface area contributed by atoms with Gasteiger partial charge in [0.25, 0.3) is 0 Å². The summed E-state index contributed by atoms with van der Waals surface area (Å²) < 4.78 is 11.5. The molecular weight excluding hydrogens is 326 g/mol. The van der Waals surface area contributed by atoms with Crippen molar-refractivity contribution in [1.82, 2.24) is 0 Å². The fourth-order valence-corrected chi connectivity index (χ4v) is 3.47. The normalized spacial score (nSPS) is 12.3. The molecule has 1 aromatic carbocycles. The number of benzene rings is 1. The molecule has 0 aliphatic carbocycles. The quantitative estimate of drug-likeness (QED) is 0.917. The van der Waals surface area contributed by atoms with Crippen LogP contribution in [0.5, 0.6) is 11.5 Å². The SMILES string of the molecule is COc1cc(Br)c(C(N)c2sccc2C)cc1OC. The molecule has 1 heterocycles. The highest BCUT2D eigenvalue weighted by atomic mass is 79.9. The minimum absolute atomic E-state index is 0.172. The highest BCUT2D eigenvalue weighted by molar-refractivity contribution is 9.10. The van der Waals surface area contributed by atoms with Gasteiger partial charge in [0.05, 0.1) is 20.3 Å². The van der Waals surface area contributed by atoms with Crippen molar-refractivity contribution in [2.45, 2.75) is 13.0 Å². The van der Waals surface area contributed by atoms with Crippen molar-refractivity contribution < 1.29 is 9.47 Å². The Kier molecular flexibility index (Phi) is 4.50. The molecule has 1 atom stereocenters. The number of rotatable bonds is 4. The standard InChI is InChI=1S/C14H16BrNO2S/c1-8-4-5-19-14(8)13(16)9-6-11(17-2)12(18-3)7-10(9)15/h4-7,13H,16H2,1-3H3. The number of methoxy groups -OCH3 is 2. The molecular formula is C14H16BrNO2S. The van der Waals surface area contributed by atoms with E-state index in [1.54, 1.807) is 25.6 Å². The van der Waals surface area contributed by atoms with Gasteiger partial charge >= 0.3 is 0 Å². The zero-order chi connectivity index (χ0) is 14.0. The molecule has 0 saturated carbocycles. The lowest BCUT2D eigenvalue weighted by atomic mass is 10.0. The smallest absolute Gasteiger partial charge is 0.161 e. The molecule has 1 aromatic heterocycles. The molecule has 0 fully saturated rings. The van der Waals surface area contributed by atoms with E-state index in [2.05, 4.69) is 34.3 Å². The minimum atomic E-state index is -0.172. The van der Waals surface area contributed by atoms with E-state index in [4.69, 9.17) is 15.2 Å². The van der Waals surface area contributed by atoms with E-state index in [9.17, 15) is 0 Å². The second-order valence-electron chi connectivity index (χ2n) is 4.17. The lowest BCUT2D eigenvalue weighted by molar-refractivity contribution is 0.354. The third-order valence-electron chi connectivity index (χ3n) is 3.02. The molecule has 1 unspecified atom stereocenters. The summed E-state index contributed by atoms with van der Waals surface area (Å²) in [6.45, 7) is 2.07. The van der Waals surface area contributed by atoms with Gasteiger partial charge in [-0.15, -0.1) is 11.3 Å². The maximum Gasteiger partial charge on any atom is 0.161 e. The summed E-state index contributed by atoms with van der Waals surface area (Å²) in [5.74, 6) is 1.37. The molecule has 0 aliphatic heterocycles. The maximum atomic E-state index is 6.36. The first kappa shape index (κ1) is 14.4. The minimum Gasteiger partial charge on any atom is -0.493 e. The molecule has 0 radical (unpaired) electrons. The number of hydrogen-bond donors (Lipinski definition) is 1. The van der Waals surface area contributed by atoms with Crippen LogP contribution in [0.2, 0.25) is 0 Å². The van der Waals surface area contributed by atoms with Gasteiger partial charge in [-0.05, 0) is 41.6 Å². The second kappa shape index (κ2) is 5.94. The molecule has 0 amide bonds. The van der Waals surface area contributed by atoms with Gasteiger partial charge in [0.15, 0.2) is 11.5 Å². The van der Waals surface area contributed by atoms with Crippen molar-refractivity contribution in [3.63, 3.8) is 0 Å². The van der Waals surface area contributed by atoms with Crippen LogP contribution in [0.15, 0.2) is 28.1 Å². The predicted molar refractivity (Wildman–Crippen MR) is 82.3 cm³/mol. The van der Waals surface area contributed by atoms with E-state index in [-0.39, 0.29) is 6.04 Å². The first-order chi connectivity index (χ1) is 9.08. The third-order valence-corrected chi connectivity index (χ3v) is 4.81. The van der Waals surface area contributed by atoms with Crippen LogP contribution >= 0.6 is 27.3 Å². The highest BCUT2D eigenvalue weighted by Gasteiger charge is 2.18. The summed E-state index contributed by atoms with van der Waals surface area (Å²) in [5, 5.41) is 2.05. The van der Waals surface area contributed by atoms with Crippen molar-refractivity contribution in [1.29, 1.82) is 0 Å². The van der Waals surface area contributed by atoms with Crippen LogP contribution in [-0.2, 0) is 0 Å². The summed E-state index contributed by atoms with van der Waals surface area (Å²) in [6, 6.07) is 5.72. The zero-order valence-corrected chi connectivity index (χ0v) is 13.5. The van der Waals surface area contributed by atoms with Crippen molar-refractivity contribution in [3.8, 4) is 11.5 Å². The zero-order valence-electron chi connectivity index (χ0n) is 11.1. The van der Waals surface area contributed by atoms with Gasteiger partial charge in [-0.2, -0.15) is 0 Å². The summed E-state index contributed by atoms with van der Waals surface area (Å²) in [4.78, 5) is 1.16. The number of thiophene rings is 1. The molecule has 2 rings (SSSR count). The average Bonchev–Trinajstić information content (AvgIpc) is 2.83. The maximum absolute atomic E-state index is 6.36. The molecule has 19 heavy (non-hydrogen) atoms. The molecule has 0 spiro atoms. The Morgan fingerprint density at radius 3 is 2.37 bits per heavy atom. The molecule has 0 aliphatic rings. The van der Waals surface area contributed by atoms with E-state index in [1.165, 1.54) is 5.56 Å². The Morgan fingerprint density at radius 1 is 1.21 bits per heavy atom. The van der Waals surface area contributed by atoms with Gasteiger partial charge in [-0.25, -0.2) is 0 Å². The fourth-order valence-electron chi connectivity index (χ4n) is 1.95. The summed E-state index contributed by atoms with van der Waals surface area (Å²) in [7, 11) is 3.24. The fraction of sp³-hybridized carbons (Fsp3) is 0.286. The highest BCUT2D eigenvalue weighted by Crippen LogP contribution is 2.38. The monoisotopic (exact) mass is 341 g/mol. The van der Waals surface area contributed by atoms with Gasteiger partial charge in [-0.3, -0.25) is 0 Å². The Morgan fingerprint density at radius 2 is 1.84 bits per heavy atom. The van der Waals surface area contributed by atoms with Crippen LogP contribution in [0, 0.1) is 6.92 Å². The molecule has 2 N–H and O–H groups in total.